The largest absolute Gasteiger partial charge is 0.344 e. The molecule has 0 saturated carbocycles. The molecule has 9 nitrogen and oxygen atoms in total. The molecule has 0 spiro atoms. The van der Waals surface area contributed by atoms with Crippen LogP contribution in [0.1, 0.15) is 16.2 Å². The summed E-state index contributed by atoms with van der Waals surface area (Å²) in [6.07, 6.45) is 5.05. The van der Waals surface area contributed by atoms with Gasteiger partial charge >= 0.3 is 0 Å². The van der Waals surface area contributed by atoms with Gasteiger partial charge in [-0.2, -0.15) is 10.3 Å². The van der Waals surface area contributed by atoms with Crippen molar-refractivity contribution in [3.05, 3.63) is 72.4 Å². The van der Waals surface area contributed by atoms with E-state index < -0.39 is 0 Å². The van der Waals surface area contributed by atoms with Gasteiger partial charge in [0.25, 0.3) is 5.91 Å². The number of rotatable bonds is 5. The Labute approximate surface area is 148 Å². The van der Waals surface area contributed by atoms with E-state index in [-0.39, 0.29) is 12.5 Å². The fourth-order valence-electron chi connectivity index (χ4n) is 2.48. The van der Waals surface area contributed by atoms with Gasteiger partial charge in [-0.3, -0.25) is 9.78 Å². The maximum absolute atomic E-state index is 12.7. The molecule has 4 aromatic rings. The average Bonchev–Trinajstić information content (AvgIpc) is 3.37. The van der Waals surface area contributed by atoms with E-state index >= 15 is 0 Å². The number of tetrazole rings is 1. The third-order valence-corrected chi connectivity index (χ3v) is 3.71. The summed E-state index contributed by atoms with van der Waals surface area (Å²) in [7, 11) is 0. The van der Waals surface area contributed by atoms with Gasteiger partial charge in [0.2, 0.25) is 0 Å². The van der Waals surface area contributed by atoms with Crippen molar-refractivity contribution in [3.8, 4) is 16.9 Å². The zero-order chi connectivity index (χ0) is 17.8. The van der Waals surface area contributed by atoms with E-state index in [0.29, 0.717) is 17.1 Å². The van der Waals surface area contributed by atoms with E-state index in [2.05, 4.69) is 36.0 Å². The summed E-state index contributed by atoms with van der Waals surface area (Å²) in [5.74, 6) is 0.118. The number of hydrogen-bond acceptors (Lipinski definition) is 6. The van der Waals surface area contributed by atoms with Gasteiger partial charge in [-0.1, -0.05) is 23.4 Å². The van der Waals surface area contributed by atoms with Gasteiger partial charge in [-0.05, 0) is 24.3 Å². The molecule has 0 atom stereocenters. The Kier molecular flexibility index (Phi) is 4.17. The molecule has 0 aliphatic heterocycles. The number of pyridine rings is 1. The number of H-pyrrole nitrogens is 1. The van der Waals surface area contributed by atoms with Gasteiger partial charge in [0.1, 0.15) is 5.69 Å². The van der Waals surface area contributed by atoms with Crippen molar-refractivity contribution in [2.24, 2.45) is 0 Å². The standard InChI is InChI=1S/C17H14N8O/c26-17(19-10-15-20-23-24-21-15)14-11-25(13-6-2-1-3-7-13)22-16(14)12-5-4-8-18-9-12/h1-9,11H,10H2,(H,19,26)(H,20,21,23,24). The number of carbonyl (C=O) groups excluding carboxylic acids is 1. The summed E-state index contributed by atoms with van der Waals surface area (Å²) in [4.78, 5) is 16.8. The van der Waals surface area contributed by atoms with Crippen LogP contribution in [0.5, 0.6) is 0 Å². The highest BCUT2D eigenvalue weighted by atomic mass is 16.1. The number of nitrogens with one attached hydrogen (secondary N) is 2. The number of hydrogen-bond donors (Lipinski definition) is 2. The van der Waals surface area contributed by atoms with Crippen LogP contribution in [-0.2, 0) is 6.54 Å². The minimum atomic E-state index is -0.282. The monoisotopic (exact) mass is 346 g/mol. The Bertz CT molecular complexity index is 996. The van der Waals surface area contributed by atoms with E-state index in [9.17, 15) is 4.79 Å². The molecule has 128 valence electrons. The second-order valence-electron chi connectivity index (χ2n) is 5.42. The van der Waals surface area contributed by atoms with Crippen molar-refractivity contribution in [1.29, 1.82) is 0 Å². The molecule has 0 radical (unpaired) electrons. The van der Waals surface area contributed by atoms with Crippen molar-refractivity contribution < 1.29 is 4.79 Å². The van der Waals surface area contributed by atoms with Crippen LogP contribution in [0.25, 0.3) is 16.9 Å². The van der Waals surface area contributed by atoms with Crippen molar-refractivity contribution in [1.82, 2.24) is 40.7 Å². The summed E-state index contributed by atoms with van der Waals surface area (Å²) < 4.78 is 1.67. The molecule has 1 aromatic carbocycles. The topological polar surface area (TPSA) is 114 Å². The van der Waals surface area contributed by atoms with E-state index in [1.54, 1.807) is 29.3 Å². The van der Waals surface area contributed by atoms with Gasteiger partial charge in [-0.15, -0.1) is 10.2 Å². The number of carbonyl (C=O) groups is 1. The molecule has 4 rings (SSSR count). The first-order valence-electron chi connectivity index (χ1n) is 7.87. The molecule has 3 heterocycles. The van der Waals surface area contributed by atoms with Crippen LogP contribution in [0.2, 0.25) is 0 Å². The summed E-state index contributed by atoms with van der Waals surface area (Å²) in [5.41, 5.74) is 2.60. The molecule has 0 aliphatic carbocycles. The zero-order valence-electron chi connectivity index (χ0n) is 13.6. The van der Waals surface area contributed by atoms with Crippen LogP contribution in [0.15, 0.2) is 61.1 Å². The number of aromatic amines is 1. The van der Waals surface area contributed by atoms with Gasteiger partial charge in [-0.25, -0.2) is 4.68 Å². The lowest BCUT2D eigenvalue weighted by atomic mass is 10.1. The molecule has 0 saturated heterocycles. The van der Waals surface area contributed by atoms with Crippen molar-refractivity contribution in [3.63, 3.8) is 0 Å². The second kappa shape index (κ2) is 6.93. The van der Waals surface area contributed by atoms with Crippen LogP contribution in [-0.4, -0.2) is 41.3 Å². The van der Waals surface area contributed by atoms with Crippen molar-refractivity contribution in [2.45, 2.75) is 6.54 Å². The molecule has 26 heavy (non-hydrogen) atoms. The number of benzene rings is 1. The van der Waals surface area contributed by atoms with Crippen LogP contribution < -0.4 is 5.32 Å². The lowest BCUT2D eigenvalue weighted by Gasteiger charge is -2.02. The van der Waals surface area contributed by atoms with Crippen LogP contribution in [0, 0.1) is 0 Å². The molecule has 0 unspecified atom stereocenters. The van der Waals surface area contributed by atoms with Gasteiger partial charge in [0.05, 0.1) is 17.8 Å². The third kappa shape index (κ3) is 3.18. The minimum absolute atomic E-state index is 0.165. The Morgan fingerprint density at radius 3 is 2.77 bits per heavy atom. The highest BCUT2D eigenvalue weighted by Crippen LogP contribution is 2.23. The Balaban J connectivity index is 1.69. The first-order chi connectivity index (χ1) is 12.8. The average molecular weight is 346 g/mol. The Morgan fingerprint density at radius 2 is 2.04 bits per heavy atom. The lowest BCUT2D eigenvalue weighted by molar-refractivity contribution is 0.0950. The van der Waals surface area contributed by atoms with Crippen molar-refractivity contribution >= 4 is 5.91 Å². The quantitative estimate of drug-likeness (QED) is 0.564. The zero-order valence-corrected chi connectivity index (χ0v) is 13.6. The predicted octanol–water partition coefficient (Wildman–Crippen LogP) is 1.38. The Morgan fingerprint density at radius 1 is 1.15 bits per heavy atom. The van der Waals surface area contributed by atoms with Crippen molar-refractivity contribution in [2.75, 3.05) is 0 Å². The van der Waals surface area contributed by atoms with Gasteiger partial charge < -0.3 is 5.32 Å². The fourth-order valence-corrected chi connectivity index (χ4v) is 2.48. The van der Waals surface area contributed by atoms with E-state index in [1.807, 2.05) is 36.4 Å². The molecule has 0 bridgehead atoms. The maximum atomic E-state index is 12.7. The number of aromatic nitrogens is 7. The first-order valence-corrected chi connectivity index (χ1v) is 7.87. The minimum Gasteiger partial charge on any atom is -0.344 e. The van der Waals surface area contributed by atoms with E-state index in [4.69, 9.17) is 0 Å². The lowest BCUT2D eigenvalue weighted by Crippen LogP contribution is -2.23. The molecule has 0 fully saturated rings. The molecular weight excluding hydrogens is 332 g/mol. The fraction of sp³-hybridized carbons (Fsp3) is 0.0588. The van der Waals surface area contributed by atoms with Gasteiger partial charge in [0.15, 0.2) is 5.82 Å². The smallest absolute Gasteiger partial charge is 0.255 e. The summed E-state index contributed by atoms with van der Waals surface area (Å²) in [6, 6.07) is 13.3. The number of amides is 1. The second-order valence-corrected chi connectivity index (χ2v) is 5.42. The van der Waals surface area contributed by atoms with Crippen LogP contribution in [0.4, 0.5) is 0 Å². The number of nitrogens with zero attached hydrogens (tertiary/aromatic N) is 6. The summed E-state index contributed by atoms with van der Waals surface area (Å²) in [6.45, 7) is 0.165. The van der Waals surface area contributed by atoms with E-state index in [0.717, 1.165) is 11.3 Å². The highest BCUT2D eigenvalue weighted by Gasteiger charge is 2.19. The molecular formula is C17H14N8O. The molecule has 3 aromatic heterocycles. The van der Waals surface area contributed by atoms with Gasteiger partial charge in [0, 0.05) is 24.2 Å². The predicted molar refractivity (Wildman–Crippen MR) is 92.1 cm³/mol. The molecule has 1 amide bonds. The summed E-state index contributed by atoms with van der Waals surface area (Å²) in [5, 5.41) is 20.8. The maximum Gasteiger partial charge on any atom is 0.255 e. The molecule has 0 aliphatic rings. The summed E-state index contributed by atoms with van der Waals surface area (Å²) >= 11 is 0. The number of para-hydroxylation sites is 1. The normalized spacial score (nSPS) is 10.6. The first kappa shape index (κ1) is 15.6. The molecule has 2 N–H and O–H groups in total. The van der Waals surface area contributed by atoms with Crippen LogP contribution >= 0.6 is 0 Å². The highest BCUT2D eigenvalue weighted by molar-refractivity contribution is 5.99. The Hall–Kier alpha value is -3.88. The van der Waals surface area contributed by atoms with Crippen LogP contribution in [0.3, 0.4) is 0 Å². The van der Waals surface area contributed by atoms with E-state index in [1.165, 1.54) is 0 Å². The SMILES string of the molecule is O=C(NCc1nn[nH]n1)c1cn(-c2ccccc2)nc1-c1cccnc1. The third-order valence-electron chi connectivity index (χ3n) is 3.71. The molecule has 9 heteroatoms.